The molecular formula is C24H18FN3O7S2. The highest BCUT2D eigenvalue weighted by atomic mass is 32.2. The number of oxazole rings is 1. The van der Waals surface area contributed by atoms with Crippen LogP contribution in [0.3, 0.4) is 0 Å². The minimum absolute atomic E-state index is 0.0342. The topological polar surface area (TPSA) is 140 Å². The Bertz CT molecular complexity index is 1900. The fourth-order valence-electron chi connectivity index (χ4n) is 3.96. The van der Waals surface area contributed by atoms with Gasteiger partial charge in [0.05, 0.1) is 16.7 Å². The molecule has 37 heavy (non-hydrogen) atoms. The second kappa shape index (κ2) is 8.71. The first-order valence-electron chi connectivity index (χ1n) is 10.7. The van der Waals surface area contributed by atoms with Crippen LogP contribution in [0.2, 0.25) is 0 Å². The van der Waals surface area contributed by atoms with Gasteiger partial charge >= 0.3 is 6.09 Å². The monoisotopic (exact) mass is 543 g/mol. The van der Waals surface area contributed by atoms with Crippen LogP contribution in [0.4, 0.5) is 9.18 Å². The Morgan fingerprint density at radius 2 is 1.78 bits per heavy atom. The Morgan fingerprint density at radius 3 is 2.46 bits per heavy atom. The van der Waals surface area contributed by atoms with Crippen LogP contribution in [0.25, 0.3) is 33.1 Å². The number of carbonyl (C=O) groups is 1. The fraction of sp³-hybridized carbons (Fsp3) is 0.0833. The molecule has 0 aliphatic rings. The summed E-state index contributed by atoms with van der Waals surface area (Å²) in [6, 6.07) is 16.4. The van der Waals surface area contributed by atoms with Gasteiger partial charge in [-0.3, -0.25) is 0 Å². The molecule has 0 aliphatic carbocycles. The van der Waals surface area contributed by atoms with Gasteiger partial charge in [0.15, 0.2) is 5.58 Å². The van der Waals surface area contributed by atoms with Gasteiger partial charge in [-0.25, -0.2) is 35.0 Å². The van der Waals surface area contributed by atoms with Crippen molar-refractivity contribution in [2.75, 3.05) is 6.26 Å². The van der Waals surface area contributed by atoms with Crippen molar-refractivity contribution >= 4 is 48.1 Å². The van der Waals surface area contributed by atoms with Crippen LogP contribution < -0.4 is 0 Å². The molecule has 5 rings (SSSR count). The fourth-order valence-corrected chi connectivity index (χ4v) is 5.97. The van der Waals surface area contributed by atoms with E-state index in [4.69, 9.17) is 4.42 Å². The molecule has 0 unspecified atom stereocenters. The Kier molecular flexibility index (Phi) is 5.76. The zero-order valence-electron chi connectivity index (χ0n) is 19.1. The first-order valence-corrected chi connectivity index (χ1v) is 14.0. The zero-order valence-corrected chi connectivity index (χ0v) is 20.7. The van der Waals surface area contributed by atoms with Crippen LogP contribution in [0, 0.1) is 5.82 Å². The predicted molar refractivity (Wildman–Crippen MR) is 132 cm³/mol. The molecule has 0 bridgehead atoms. The molecule has 0 spiro atoms. The highest BCUT2D eigenvalue weighted by Gasteiger charge is 2.26. The van der Waals surface area contributed by atoms with E-state index in [0.717, 1.165) is 16.3 Å². The first-order chi connectivity index (χ1) is 17.4. The molecule has 0 atom stereocenters. The van der Waals surface area contributed by atoms with Gasteiger partial charge in [0.2, 0.25) is 15.9 Å². The van der Waals surface area contributed by atoms with Crippen LogP contribution in [0.15, 0.2) is 82.2 Å². The van der Waals surface area contributed by atoms with Crippen molar-refractivity contribution in [3.05, 3.63) is 84.6 Å². The quantitative estimate of drug-likeness (QED) is 0.335. The predicted octanol–water partition coefficient (Wildman–Crippen LogP) is 4.27. The highest BCUT2D eigenvalue weighted by molar-refractivity contribution is 7.90. The molecule has 10 nitrogen and oxygen atoms in total. The number of nitrogens with zero attached hydrogens (tertiary/aromatic N) is 3. The Balaban J connectivity index is 1.63. The summed E-state index contributed by atoms with van der Waals surface area (Å²) in [4.78, 5) is 15.5. The molecule has 2 heterocycles. The van der Waals surface area contributed by atoms with E-state index in [2.05, 4.69) is 4.98 Å². The van der Waals surface area contributed by atoms with E-state index in [-0.39, 0.29) is 26.2 Å². The molecule has 1 N–H and O–H groups in total. The lowest BCUT2D eigenvalue weighted by atomic mass is 10.0. The summed E-state index contributed by atoms with van der Waals surface area (Å²) < 4.78 is 71.3. The average molecular weight is 544 g/mol. The average Bonchev–Trinajstić information content (AvgIpc) is 3.42. The van der Waals surface area contributed by atoms with Crippen molar-refractivity contribution < 1.29 is 35.5 Å². The van der Waals surface area contributed by atoms with Crippen molar-refractivity contribution in [2.24, 2.45) is 0 Å². The van der Waals surface area contributed by atoms with E-state index < -0.39 is 38.5 Å². The lowest BCUT2D eigenvalue weighted by molar-refractivity contribution is 0.168. The minimum Gasteiger partial charge on any atom is -0.464 e. The van der Waals surface area contributed by atoms with E-state index in [1.165, 1.54) is 30.5 Å². The van der Waals surface area contributed by atoms with E-state index >= 15 is 0 Å². The van der Waals surface area contributed by atoms with Gasteiger partial charge in [0, 0.05) is 17.1 Å². The highest BCUT2D eigenvalue weighted by Crippen LogP contribution is 2.35. The number of halogens is 1. The van der Waals surface area contributed by atoms with Crippen LogP contribution in [0.5, 0.6) is 0 Å². The molecule has 0 fully saturated rings. The number of aromatic nitrogens is 2. The number of fused-ring (bicyclic) bond motifs is 2. The Morgan fingerprint density at radius 1 is 1.05 bits per heavy atom. The number of rotatable bonds is 6. The Hall–Kier alpha value is -4.23. The van der Waals surface area contributed by atoms with E-state index in [9.17, 15) is 31.1 Å². The van der Waals surface area contributed by atoms with Crippen molar-refractivity contribution in [3.63, 3.8) is 0 Å². The van der Waals surface area contributed by atoms with Crippen molar-refractivity contribution in [3.8, 4) is 11.1 Å². The molecule has 2 aromatic heterocycles. The van der Waals surface area contributed by atoms with Gasteiger partial charge < -0.3 is 9.52 Å². The number of carboxylic acid groups (broad SMARTS) is 1. The molecule has 0 radical (unpaired) electrons. The van der Waals surface area contributed by atoms with Crippen molar-refractivity contribution in [1.82, 2.24) is 13.3 Å². The Labute approximate surface area is 210 Å². The van der Waals surface area contributed by atoms with E-state index in [1.54, 1.807) is 36.4 Å². The van der Waals surface area contributed by atoms with Gasteiger partial charge in [-0.1, -0.05) is 24.3 Å². The third-order valence-electron chi connectivity index (χ3n) is 5.67. The normalized spacial score (nSPS) is 12.3. The van der Waals surface area contributed by atoms with Gasteiger partial charge in [-0.15, -0.1) is 0 Å². The molecule has 0 saturated carbocycles. The zero-order chi connectivity index (χ0) is 26.5. The number of hydrogen-bond donors (Lipinski definition) is 1. The number of amides is 1. The summed E-state index contributed by atoms with van der Waals surface area (Å²) in [7, 11) is -8.12. The molecule has 5 aromatic rings. The maximum atomic E-state index is 14.2. The molecule has 190 valence electrons. The van der Waals surface area contributed by atoms with Crippen molar-refractivity contribution in [1.29, 1.82) is 0 Å². The van der Waals surface area contributed by atoms with Gasteiger partial charge in [0.25, 0.3) is 10.0 Å². The maximum Gasteiger partial charge on any atom is 0.421 e. The third-order valence-corrected chi connectivity index (χ3v) is 8.44. The SMILES string of the molecule is CS(=O)(=O)N(Cc1nc2ccc(-c3cn(S(=O)(=O)c4ccccc4)c4cc(F)ccc34)cc2o1)C(=O)O. The van der Waals surface area contributed by atoms with Gasteiger partial charge in [0.1, 0.15) is 17.9 Å². The molecule has 1 amide bonds. The summed E-state index contributed by atoms with van der Waals surface area (Å²) in [5.41, 5.74) is 1.69. The summed E-state index contributed by atoms with van der Waals surface area (Å²) in [5.74, 6) is -0.748. The summed E-state index contributed by atoms with van der Waals surface area (Å²) in [5, 5.41) is 9.67. The minimum atomic E-state index is -4.07. The van der Waals surface area contributed by atoms with E-state index in [0.29, 0.717) is 22.0 Å². The number of benzene rings is 3. The van der Waals surface area contributed by atoms with Crippen LogP contribution in [-0.2, 0) is 26.6 Å². The molecular weight excluding hydrogens is 525 g/mol. The summed E-state index contributed by atoms with van der Waals surface area (Å²) >= 11 is 0. The van der Waals surface area contributed by atoms with Crippen molar-refractivity contribution in [2.45, 2.75) is 11.4 Å². The lowest BCUT2D eigenvalue weighted by Crippen LogP contribution is -2.34. The largest absolute Gasteiger partial charge is 0.464 e. The van der Waals surface area contributed by atoms with E-state index in [1.807, 2.05) is 0 Å². The van der Waals surface area contributed by atoms with Crippen LogP contribution in [-0.4, -0.2) is 47.6 Å². The van der Waals surface area contributed by atoms with Crippen LogP contribution in [0.1, 0.15) is 5.89 Å². The van der Waals surface area contributed by atoms with Crippen LogP contribution >= 0.6 is 0 Å². The van der Waals surface area contributed by atoms with Gasteiger partial charge in [-0.05, 0) is 48.0 Å². The number of hydrogen-bond acceptors (Lipinski definition) is 7. The second-order valence-corrected chi connectivity index (χ2v) is 11.9. The van der Waals surface area contributed by atoms with Gasteiger partial charge in [-0.2, -0.15) is 4.31 Å². The maximum absolute atomic E-state index is 14.2. The standard InChI is InChI=1S/C24H18FN3O7S2/c1-36(31,32)28(24(29)30)14-23-26-20-10-7-15(11-22(20)35-23)19-13-27(21-12-16(25)8-9-18(19)21)37(33,34)17-5-3-2-4-6-17/h2-13H,14H2,1H3,(H,29,30). The number of sulfonamides is 1. The second-order valence-electron chi connectivity index (χ2n) is 8.16. The smallest absolute Gasteiger partial charge is 0.421 e. The third kappa shape index (κ3) is 4.42. The molecule has 0 aliphatic heterocycles. The lowest BCUT2D eigenvalue weighted by Gasteiger charge is -2.13. The molecule has 3 aromatic carbocycles. The molecule has 0 saturated heterocycles. The summed E-state index contributed by atoms with van der Waals surface area (Å²) in [6.07, 6.45) is 0.468. The summed E-state index contributed by atoms with van der Waals surface area (Å²) in [6.45, 7) is -0.619. The first kappa shape index (κ1) is 24.5. The molecule has 13 heteroatoms.